The SMILES string of the molecule is C/C=C(/CCNC)C(=O)O[C@@H]1Cc2c3c(c4oc(CO)cc(=O)c4c2O)[C@@H](C2=CCNC(N)=C2)[C@@](CO)(c2cccc(O)c2)C#CC[C@H](CC2=CNC(N)C=C2)[C@]1(C)O3. The second kappa shape index (κ2) is 16.7. The first-order chi connectivity index (χ1) is 28.4. The molecule has 2 aromatic carbocycles. The molecule has 310 valence electrons. The first-order valence-corrected chi connectivity index (χ1v) is 19.7. The number of aliphatic hydroxyl groups excluding tert-OH is 2. The van der Waals surface area contributed by atoms with E-state index in [0.29, 0.717) is 48.5 Å². The van der Waals surface area contributed by atoms with Crippen molar-refractivity contribution in [1.82, 2.24) is 16.0 Å². The minimum atomic E-state index is -1.57. The Morgan fingerprint density at radius 1 is 1.22 bits per heavy atom. The lowest BCUT2D eigenvalue weighted by molar-refractivity contribution is -0.164. The highest BCUT2D eigenvalue weighted by atomic mass is 16.6. The summed E-state index contributed by atoms with van der Waals surface area (Å²) in [5, 5.41) is 54.4. The second-order valence-corrected chi connectivity index (χ2v) is 15.5. The Kier molecular flexibility index (Phi) is 11.7. The van der Waals surface area contributed by atoms with E-state index in [1.54, 1.807) is 38.3 Å². The number of nitrogens with two attached hydrogens (primary N) is 2. The molecule has 0 saturated heterocycles. The van der Waals surface area contributed by atoms with Gasteiger partial charge in [-0.2, -0.15) is 0 Å². The molecule has 0 saturated carbocycles. The molecule has 14 heteroatoms. The number of rotatable bonds is 11. The third-order valence-electron chi connectivity index (χ3n) is 11.9. The van der Waals surface area contributed by atoms with Gasteiger partial charge in [0.25, 0.3) is 0 Å². The van der Waals surface area contributed by atoms with Gasteiger partial charge in [-0.1, -0.05) is 36.3 Å². The van der Waals surface area contributed by atoms with Crippen LogP contribution >= 0.6 is 0 Å². The van der Waals surface area contributed by atoms with Crippen molar-refractivity contribution in [2.75, 3.05) is 26.7 Å². The molecule has 5 heterocycles. The topological polar surface area (TPSA) is 235 Å². The molecule has 0 fully saturated rings. The largest absolute Gasteiger partial charge is 0.508 e. The fourth-order valence-electron chi connectivity index (χ4n) is 8.68. The van der Waals surface area contributed by atoms with Crippen molar-refractivity contribution < 1.29 is 39.1 Å². The Labute approximate surface area is 342 Å². The molecule has 4 aliphatic rings. The van der Waals surface area contributed by atoms with E-state index in [9.17, 15) is 30.0 Å². The van der Waals surface area contributed by atoms with Gasteiger partial charge >= 0.3 is 5.97 Å². The molecule has 0 spiro atoms. The zero-order chi connectivity index (χ0) is 42.1. The highest BCUT2D eigenvalue weighted by Gasteiger charge is 2.54. The Bertz CT molecular complexity index is 2440. The first kappa shape index (κ1) is 41.2. The predicted octanol–water partition coefficient (Wildman–Crippen LogP) is 2.94. The number of hydrogen-bond donors (Lipinski definition) is 9. The van der Waals surface area contributed by atoms with Crippen molar-refractivity contribution in [3.8, 4) is 29.1 Å². The van der Waals surface area contributed by atoms with Gasteiger partial charge in [-0.05, 0) is 81.3 Å². The van der Waals surface area contributed by atoms with E-state index in [-0.39, 0.29) is 58.4 Å². The number of phenolic OH excluding ortho intramolecular Hbond substituents is 2. The van der Waals surface area contributed by atoms with E-state index in [4.69, 9.17) is 25.4 Å². The molecule has 14 nitrogen and oxygen atoms in total. The number of benzene rings is 2. The van der Waals surface area contributed by atoms with Crippen LogP contribution in [0, 0.1) is 17.8 Å². The number of aliphatic hydroxyl groups is 2. The minimum absolute atomic E-state index is 0.0719. The number of hydrogen-bond acceptors (Lipinski definition) is 14. The quantitative estimate of drug-likeness (QED) is 0.0771. The van der Waals surface area contributed by atoms with Crippen LogP contribution in [0.4, 0.5) is 0 Å². The lowest BCUT2D eigenvalue weighted by Crippen LogP contribution is -2.57. The third kappa shape index (κ3) is 7.58. The lowest BCUT2D eigenvalue weighted by Gasteiger charge is -2.48. The molecule has 1 aromatic heterocycles. The summed E-state index contributed by atoms with van der Waals surface area (Å²) in [6, 6.07) is 7.55. The zero-order valence-corrected chi connectivity index (χ0v) is 33.3. The number of carbonyl (C=O) groups excluding carboxylic acids is 1. The maximum absolute atomic E-state index is 14.1. The van der Waals surface area contributed by atoms with Gasteiger partial charge in [-0.15, -0.1) is 5.92 Å². The van der Waals surface area contributed by atoms with Gasteiger partial charge in [0.15, 0.2) is 5.43 Å². The summed E-state index contributed by atoms with van der Waals surface area (Å²) in [4.78, 5) is 28.1. The fourth-order valence-corrected chi connectivity index (χ4v) is 8.68. The number of carbonyl (C=O) groups is 1. The van der Waals surface area contributed by atoms with Gasteiger partial charge in [-0.25, -0.2) is 4.79 Å². The van der Waals surface area contributed by atoms with Crippen molar-refractivity contribution in [1.29, 1.82) is 0 Å². The number of fused-ring (bicyclic) bond motifs is 3. The van der Waals surface area contributed by atoms with Crippen molar-refractivity contribution in [3.05, 3.63) is 122 Å². The van der Waals surface area contributed by atoms with E-state index in [2.05, 4.69) is 27.8 Å². The number of nitrogens with one attached hydrogen (secondary N) is 3. The van der Waals surface area contributed by atoms with E-state index >= 15 is 0 Å². The molecule has 3 aromatic rings. The number of aromatic hydroxyl groups is 2. The van der Waals surface area contributed by atoms with E-state index in [1.807, 2.05) is 31.4 Å². The van der Waals surface area contributed by atoms with Crippen LogP contribution in [0.2, 0.25) is 0 Å². The van der Waals surface area contributed by atoms with Gasteiger partial charge in [0, 0.05) is 60.2 Å². The molecule has 0 aliphatic carbocycles. The number of ether oxygens (including phenoxy) is 2. The Morgan fingerprint density at radius 2 is 2.03 bits per heavy atom. The van der Waals surface area contributed by atoms with Gasteiger partial charge < -0.3 is 61.7 Å². The smallest absolute Gasteiger partial charge is 0.334 e. The predicted molar refractivity (Wildman–Crippen MR) is 222 cm³/mol. The summed E-state index contributed by atoms with van der Waals surface area (Å²) in [5.74, 6) is 4.64. The van der Waals surface area contributed by atoms with Crippen molar-refractivity contribution in [2.24, 2.45) is 17.4 Å². The molecule has 0 amide bonds. The van der Waals surface area contributed by atoms with Crippen molar-refractivity contribution in [2.45, 2.75) is 75.3 Å². The number of esters is 1. The standard InChI is InChI=1S/C45H51N5O9/c1-4-26(12-15-48-3)43(56)58-34-21-32-40(55)37-33(54)20-31(23-51)57-42(37)38-39(27-13-16-49-36(47)18-27)45(24-52,29-7-5-9-30(53)19-29)14-6-8-28(44(34,2)59-41(32)38)17-25-10-11-35(46)50-22-25/h4-5,7,9-11,13,18-20,22,28,34-35,39,48-53,55H,8,12,15-17,21,23-24,46-47H2,1-3H3/b26-4-/t28-,34-,35?,39-,44+,45+/m1/s1. The minimum Gasteiger partial charge on any atom is -0.508 e. The third-order valence-corrected chi connectivity index (χ3v) is 11.9. The Morgan fingerprint density at radius 3 is 2.71 bits per heavy atom. The van der Waals surface area contributed by atoms with E-state index < -0.39 is 59.3 Å². The monoisotopic (exact) mass is 805 g/mol. The van der Waals surface area contributed by atoms with E-state index in [1.165, 1.54) is 12.1 Å². The lowest BCUT2D eigenvalue weighted by atomic mass is 9.63. The normalized spacial score (nSPS) is 26.2. The first-order valence-electron chi connectivity index (χ1n) is 19.7. The van der Waals surface area contributed by atoms with Gasteiger partial charge in [0.1, 0.15) is 52.3 Å². The molecule has 11 N–H and O–H groups in total. The maximum Gasteiger partial charge on any atom is 0.334 e. The van der Waals surface area contributed by atoms with Crippen LogP contribution in [0.15, 0.2) is 98.7 Å². The van der Waals surface area contributed by atoms with Crippen LogP contribution in [0.3, 0.4) is 0 Å². The molecule has 7 rings (SSSR count). The van der Waals surface area contributed by atoms with Crippen molar-refractivity contribution in [3.63, 3.8) is 0 Å². The molecule has 6 atom stereocenters. The summed E-state index contributed by atoms with van der Waals surface area (Å²) in [6.07, 6.45) is 10.3. The summed E-state index contributed by atoms with van der Waals surface area (Å²) in [7, 11) is 1.79. The van der Waals surface area contributed by atoms with Gasteiger partial charge in [0.05, 0.1) is 24.0 Å². The molecule has 0 radical (unpaired) electrons. The highest BCUT2D eigenvalue weighted by molar-refractivity contribution is 5.92. The second-order valence-electron chi connectivity index (χ2n) is 15.5. The summed E-state index contributed by atoms with van der Waals surface area (Å²) in [5.41, 5.74) is 11.6. The summed E-state index contributed by atoms with van der Waals surface area (Å²) >= 11 is 0. The van der Waals surface area contributed by atoms with Gasteiger partial charge in [-0.3, -0.25) is 4.79 Å². The Balaban J connectivity index is 1.59. The average Bonchev–Trinajstić information content (AvgIpc) is 3.22. The molecular formula is C45H51N5O9. The number of phenols is 2. The average molecular weight is 806 g/mol. The van der Waals surface area contributed by atoms with Crippen LogP contribution in [-0.4, -0.2) is 71.0 Å². The number of allylic oxidation sites excluding steroid dienone is 5. The molecule has 4 aliphatic heterocycles. The zero-order valence-electron chi connectivity index (χ0n) is 33.3. The van der Waals surface area contributed by atoms with Crippen LogP contribution in [0.1, 0.15) is 61.5 Å². The highest BCUT2D eigenvalue weighted by Crippen LogP contribution is 2.57. The van der Waals surface area contributed by atoms with Crippen molar-refractivity contribution >= 4 is 16.9 Å². The summed E-state index contributed by atoms with van der Waals surface area (Å²) < 4.78 is 20.1. The molecule has 1 unspecified atom stereocenters. The van der Waals surface area contributed by atoms with E-state index in [0.717, 1.165) is 11.6 Å². The Hall–Kier alpha value is -5.98. The molecular weight excluding hydrogens is 755 g/mol. The molecule has 2 bridgehead atoms. The summed E-state index contributed by atoms with van der Waals surface area (Å²) in [6.45, 7) is 3.22. The van der Waals surface area contributed by atoms with Crippen LogP contribution < -0.4 is 37.6 Å². The number of dihydropyridines is 2. The van der Waals surface area contributed by atoms with Gasteiger partial charge in [0.2, 0.25) is 0 Å². The van der Waals surface area contributed by atoms with Crippen LogP contribution in [0.25, 0.3) is 11.0 Å². The fraction of sp³-hybridized carbons (Fsp3) is 0.378. The van der Waals surface area contributed by atoms with Crippen LogP contribution in [-0.2, 0) is 28.0 Å². The maximum atomic E-state index is 14.1. The molecule has 59 heavy (non-hydrogen) atoms. The van der Waals surface area contributed by atoms with Crippen LogP contribution in [0.5, 0.6) is 17.2 Å².